The highest BCUT2D eigenvalue weighted by Gasteiger charge is 2.40. The number of benzene rings is 3. The molecule has 3 aromatic carbocycles. The summed E-state index contributed by atoms with van der Waals surface area (Å²) in [5, 5.41) is 4.21. The summed E-state index contributed by atoms with van der Waals surface area (Å²) in [6.45, 7) is 1.56. The predicted molar refractivity (Wildman–Crippen MR) is 111 cm³/mol. The number of anilines is 2. The second kappa shape index (κ2) is 6.97. The van der Waals surface area contributed by atoms with Gasteiger partial charge in [0.05, 0.1) is 30.5 Å². The first-order valence-corrected chi connectivity index (χ1v) is 10.4. The Labute approximate surface area is 168 Å². The summed E-state index contributed by atoms with van der Waals surface area (Å²) in [7, 11) is -0.824. The van der Waals surface area contributed by atoms with Crippen LogP contribution in [0.25, 0.3) is 10.8 Å². The molecule has 29 heavy (non-hydrogen) atoms. The molecule has 1 heterocycles. The molecule has 0 saturated heterocycles. The lowest BCUT2D eigenvalue weighted by Gasteiger charge is -2.25. The molecule has 0 spiro atoms. The van der Waals surface area contributed by atoms with E-state index in [1.807, 2.05) is 12.1 Å². The highest BCUT2D eigenvalue weighted by atomic mass is 32.2. The molecule has 0 aliphatic carbocycles. The van der Waals surface area contributed by atoms with Crippen LogP contribution in [-0.4, -0.2) is 34.6 Å². The molecule has 3 aromatic rings. The largest absolute Gasteiger partial charge is 0.497 e. The van der Waals surface area contributed by atoms with Crippen molar-refractivity contribution in [3.8, 4) is 11.5 Å². The van der Waals surface area contributed by atoms with Gasteiger partial charge in [0.15, 0.2) is 0 Å². The minimum absolute atomic E-state index is 0.215. The Morgan fingerprint density at radius 3 is 2.45 bits per heavy atom. The molecule has 1 aliphatic rings. The van der Waals surface area contributed by atoms with Gasteiger partial charge in [-0.05, 0) is 36.6 Å². The van der Waals surface area contributed by atoms with Crippen molar-refractivity contribution in [1.29, 1.82) is 0 Å². The fourth-order valence-electron chi connectivity index (χ4n) is 3.58. The number of amides is 1. The SMILES string of the molecule is COc1ccc(NC(=O)[C@@H](C)N2c3cccc4cccc(c34)S2(=O)=O)c(OC)c1. The van der Waals surface area contributed by atoms with Crippen molar-refractivity contribution in [2.75, 3.05) is 23.8 Å². The van der Waals surface area contributed by atoms with E-state index in [1.165, 1.54) is 18.5 Å². The fraction of sp³-hybridized carbons (Fsp3) is 0.190. The van der Waals surface area contributed by atoms with Crippen LogP contribution in [0.1, 0.15) is 6.92 Å². The fourth-order valence-corrected chi connectivity index (χ4v) is 5.45. The quantitative estimate of drug-likeness (QED) is 0.694. The van der Waals surface area contributed by atoms with Gasteiger partial charge in [-0.2, -0.15) is 0 Å². The maximum Gasteiger partial charge on any atom is 0.265 e. The summed E-state index contributed by atoms with van der Waals surface area (Å²) in [4.78, 5) is 13.2. The third kappa shape index (κ3) is 2.96. The van der Waals surface area contributed by atoms with Gasteiger partial charge in [0, 0.05) is 11.5 Å². The molecule has 0 unspecified atom stereocenters. The molecule has 0 saturated carbocycles. The zero-order chi connectivity index (χ0) is 20.8. The van der Waals surface area contributed by atoms with Gasteiger partial charge in [0.25, 0.3) is 10.0 Å². The van der Waals surface area contributed by atoms with Gasteiger partial charge in [-0.3, -0.25) is 9.10 Å². The molecule has 0 bridgehead atoms. The Hall–Kier alpha value is -3.26. The van der Waals surface area contributed by atoms with Crippen LogP contribution in [0.2, 0.25) is 0 Å². The van der Waals surface area contributed by atoms with E-state index in [0.717, 1.165) is 5.39 Å². The summed E-state index contributed by atoms with van der Waals surface area (Å²) >= 11 is 0. The zero-order valence-electron chi connectivity index (χ0n) is 16.2. The van der Waals surface area contributed by atoms with Crippen LogP contribution in [-0.2, 0) is 14.8 Å². The number of nitrogens with one attached hydrogen (secondary N) is 1. The lowest BCUT2D eigenvalue weighted by atomic mass is 10.1. The number of hydrogen-bond donors (Lipinski definition) is 1. The predicted octanol–water partition coefficient (Wildman–Crippen LogP) is 3.39. The van der Waals surface area contributed by atoms with E-state index in [0.29, 0.717) is 28.3 Å². The molecular formula is C21H20N2O5S. The minimum Gasteiger partial charge on any atom is -0.497 e. The monoisotopic (exact) mass is 412 g/mol. The van der Waals surface area contributed by atoms with E-state index in [9.17, 15) is 13.2 Å². The van der Waals surface area contributed by atoms with E-state index in [4.69, 9.17) is 9.47 Å². The van der Waals surface area contributed by atoms with E-state index < -0.39 is 22.0 Å². The van der Waals surface area contributed by atoms with Crippen LogP contribution in [0, 0.1) is 0 Å². The molecule has 150 valence electrons. The van der Waals surface area contributed by atoms with Gasteiger partial charge in [0.1, 0.15) is 17.5 Å². The van der Waals surface area contributed by atoms with Gasteiger partial charge in [-0.25, -0.2) is 8.42 Å². The maximum atomic E-state index is 13.2. The summed E-state index contributed by atoms with van der Waals surface area (Å²) in [5.74, 6) is 0.526. The van der Waals surface area contributed by atoms with Crippen molar-refractivity contribution in [2.45, 2.75) is 17.9 Å². The molecule has 7 nitrogen and oxygen atoms in total. The Morgan fingerprint density at radius 2 is 1.76 bits per heavy atom. The highest BCUT2D eigenvalue weighted by molar-refractivity contribution is 7.93. The molecule has 8 heteroatoms. The molecule has 1 amide bonds. The number of carbonyl (C=O) groups is 1. The molecule has 0 fully saturated rings. The average Bonchev–Trinajstić information content (AvgIpc) is 2.96. The summed E-state index contributed by atoms with van der Waals surface area (Å²) in [5.41, 5.74) is 0.930. The normalized spacial score (nSPS) is 15.2. The number of sulfonamides is 1. The van der Waals surface area contributed by atoms with E-state index >= 15 is 0 Å². The van der Waals surface area contributed by atoms with Crippen LogP contribution in [0.3, 0.4) is 0 Å². The third-order valence-electron chi connectivity index (χ3n) is 5.02. The van der Waals surface area contributed by atoms with Gasteiger partial charge in [0.2, 0.25) is 5.91 Å². The Kier molecular flexibility index (Phi) is 4.58. The Bertz CT molecular complexity index is 1220. The van der Waals surface area contributed by atoms with Crippen molar-refractivity contribution in [3.63, 3.8) is 0 Å². The summed E-state index contributed by atoms with van der Waals surface area (Å²) in [6, 6.07) is 14.5. The van der Waals surface area contributed by atoms with E-state index in [1.54, 1.807) is 49.4 Å². The summed E-state index contributed by atoms with van der Waals surface area (Å²) in [6.07, 6.45) is 0. The van der Waals surface area contributed by atoms with Crippen LogP contribution in [0.15, 0.2) is 59.5 Å². The van der Waals surface area contributed by atoms with Crippen molar-refractivity contribution in [1.82, 2.24) is 0 Å². The van der Waals surface area contributed by atoms with Crippen molar-refractivity contribution >= 4 is 38.1 Å². The first kappa shape index (κ1) is 19.1. The number of carbonyl (C=O) groups excluding carboxylic acids is 1. The van der Waals surface area contributed by atoms with Gasteiger partial charge < -0.3 is 14.8 Å². The summed E-state index contributed by atoms with van der Waals surface area (Å²) < 4.78 is 38.0. The molecular weight excluding hydrogens is 392 g/mol. The number of methoxy groups -OCH3 is 2. The second-order valence-corrected chi connectivity index (χ2v) is 8.45. The lowest BCUT2D eigenvalue weighted by Crippen LogP contribution is -2.44. The van der Waals surface area contributed by atoms with Gasteiger partial charge in [-0.15, -0.1) is 0 Å². The minimum atomic E-state index is -3.84. The lowest BCUT2D eigenvalue weighted by molar-refractivity contribution is -0.116. The Balaban J connectivity index is 1.70. The molecule has 1 atom stereocenters. The second-order valence-electron chi connectivity index (χ2n) is 6.66. The van der Waals surface area contributed by atoms with Gasteiger partial charge in [-0.1, -0.05) is 24.3 Å². The zero-order valence-corrected chi connectivity index (χ0v) is 17.0. The standard InChI is InChI=1S/C21H20N2O5S/c1-13(21(24)22-16-11-10-15(27-2)12-18(16)28-3)23-17-8-4-6-14-7-5-9-19(20(14)17)29(23,25)26/h4-13H,1-3H3,(H,22,24)/t13-/m1/s1. The van der Waals surface area contributed by atoms with Crippen LogP contribution < -0.4 is 19.1 Å². The Morgan fingerprint density at radius 1 is 1.03 bits per heavy atom. The van der Waals surface area contributed by atoms with E-state index in [-0.39, 0.29) is 4.90 Å². The van der Waals surface area contributed by atoms with E-state index in [2.05, 4.69) is 5.32 Å². The number of ether oxygens (including phenoxy) is 2. The molecule has 1 aliphatic heterocycles. The maximum absolute atomic E-state index is 13.2. The van der Waals surface area contributed by atoms with Crippen molar-refractivity contribution < 1.29 is 22.7 Å². The first-order chi connectivity index (χ1) is 13.9. The van der Waals surface area contributed by atoms with Crippen LogP contribution in [0.5, 0.6) is 11.5 Å². The van der Waals surface area contributed by atoms with Crippen molar-refractivity contribution in [2.24, 2.45) is 0 Å². The third-order valence-corrected chi connectivity index (χ3v) is 6.94. The van der Waals surface area contributed by atoms with Crippen LogP contribution in [0.4, 0.5) is 11.4 Å². The number of nitrogens with zero attached hydrogens (tertiary/aromatic N) is 1. The molecule has 4 rings (SSSR count). The number of hydrogen-bond acceptors (Lipinski definition) is 5. The van der Waals surface area contributed by atoms with Crippen LogP contribution >= 0.6 is 0 Å². The van der Waals surface area contributed by atoms with Crippen molar-refractivity contribution in [3.05, 3.63) is 54.6 Å². The topological polar surface area (TPSA) is 84.9 Å². The highest BCUT2D eigenvalue weighted by Crippen LogP contribution is 2.43. The number of rotatable bonds is 5. The first-order valence-electron chi connectivity index (χ1n) is 8.97. The smallest absolute Gasteiger partial charge is 0.265 e. The molecule has 0 aromatic heterocycles. The molecule has 0 radical (unpaired) electrons. The van der Waals surface area contributed by atoms with Gasteiger partial charge >= 0.3 is 0 Å². The average molecular weight is 412 g/mol. The molecule has 1 N–H and O–H groups in total.